The van der Waals surface area contributed by atoms with Gasteiger partial charge in [-0.1, -0.05) is 137 Å². The minimum absolute atomic E-state index is 0.124. The number of ether oxygens (including phenoxy) is 1. The van der Waals surface area contributed by atoms with Gasteiger partial charge in [-0.05, 0) is 35.1 Å². The Hall–Kier alpha value is -4.31. The molecule has 0 unspecified atom stereocenters. The molecule has 2 amide bonds. The van der Waals surface area contributed by atoms with Crippen LogP contribution in [0.25, 0.3) is 0 Å². The van der Waals surface area contributed by atoms with Crippen molar-refractivity contribution in [3.05, 3.63) is 144 Å². The lowest BCUT2D eigenvalue weighted by molar-refractivity contribution is -0.216. The summed E-state index contributed by atoms with van der Waals surface area (Å²) in [6.45, 7) is 1.59. The molecule has 0 bridgehead atoms. The SMILES string of the molecule is CC(=O)O[C@@H]([C@@H](Br)[C@H](Cc1ccccc1)N(C=O)OCc1ccccc1)[C@H](Cc1ccccc1)N(C=O)OCc1ccccc1. The number of carbonyl (C=O) groups excluding carboxylic acids is 3. The van der Waals surface area contributed by atoms with Gasteiger partial charge < -0.3 is 4.74 Å². The van der Waals surface area contributed by atoms with Gasteiger partial charge in [0.2, 0.25) is 12.8 Å². The Kier molecular flexibility index (Phi) is 13.3. The van der Waals surface area contributed by atoms with Gasteiger partial charge in [0.15, 0.2) is 0 Å². The van der Waals surface area contributed by atoms with Crippen LogP contribution in [0, 0.1) is 0 Å². The number of alkyl halides is 1. The van der Waals surface area contributed by atoms with Crippen LogP contribution < -0.4 is 0 Å². The van der Waals surface area contributed by atoms with E-state index in [2.05, 4.69) is 15.9 Å². The van der Waals surface area contributed by atoms with Crippen LogP contribution in [0.2, 0.25) is 0 Å². The third-order valence-corrected chi connectivity index (χ3v) is 8.38. The van der Waals surface area contributed by atoms with Crippen molar-refractivity contribution in [2.45, 2.75) is 56.0 Å². The summed E-state index contributed by atoms with van der Waals surface area (Å²) in [5, 5.41) is 2.46. The second kappa shape index (κ2) is 17.9. The molecule has 4 aromatic rings. The van der Waals surface area contributed by atoms with Crippen molar-refractivity contribution < 1.29 is 28.8 Å². The predicted molar refractivity (Wildman–Crippen MR) is 174 cm³/mol. The van der Waals surface area contributed by atoms with E-state index in [4.69, 9.17) is 14.4 Å². The molecule has 234 valence electrons. The Morgan fingerprint density at radius 1 is 0.622 bits per heavy atom. The Labute approximate surface area is 272 Å². The molecule has 0 heterocycles. The fourth-order valence-corrected chi connectivity index (χ4v) is 5.91. The molecule has 0 saturated heterocycles. The highest BCUT2D eigenvalue weighted by Gasteiger charge is 2.42. The van der Waals surface area contributed by atoms with Crippen LogP contribution in [0.5, 0.6) is 0 Å². The molecule has 0 aliphatic heterocycles. The second-order valence-electron chi connectivity index (χ2n) is 10.5. The van der Waals surface area contributed by atoms with E-state index in [1.165, 1.54) is 17.1 Å². The molecule has 0 radical (unpaired) electrons. The summed E-state index contributed by atoms with van der Waals surface area (Å²) in [5.41, 5.74) is 3.59. The number of hydroxylamine groups is 4. The predicted octanol–water partition coefficient (Wildman–Crippen LogP) is 6.08. The van der Waals surface area contributed by atoms with Crippen molar-refractivity contribution in [2.75, 3.05) is 0 Å². The van der Waals surface area contributed by atoms with Crippen LogP contribution >= 0.6 is 15.9 Å². The summed E-state index contributed by atoms with van der Waals surface area (Å²) in [7, 11) is 0. The van der Waals surface area contributed by atoms with Crippen LogP contribution in [-0.2, 0) is 54.9 Å². The van der Waals surface area contributed by atoms with Crippen LogP contribution in [0.4, 0.5) is 0 Å². The molecule has 0 N–H and O–H groups in total. The topological polar surface area (TPSA) is 85.4 Å². The fourth-order valence-electron chi connectivity index (χ4n) is 5.03. The van der Waals surface area contributed by atoms with E-state index in [0.717, 1.165) is 22.3 Å². The van der Waals surface area contributed by atoms with Crippen molar-refractivity contribution in [2.24, 2.45) is 0 Å². The molecule has 4 rings (SSSR count). The van der Waals surface area contributed by atoms with Gasteiger partial charge in [0.05, 0.1) is 10.9 Å². The van der Waals surface area contributed by atoms with E-state index in [9.17, 15) is 14.4 Å². The summed E-state index contributed by atoms with van der Waals surface area (Å²) in [6, 6.07) is 36.8. The molecule has 0 spiro atoms. The van der Waals surface area contributed by atoms with Gasteiger partial charge >= 0.3 is 5.97 Å². The van der Waals surface area contributed by atoms with Gasteiger partial charge in [0, 0.05) is 6.92 Å². The van der Waals surface area contributed by atoms with Crippen molar-refractivity contribution in [1.82, 2.24) is 10.1 Å². The largest absolute Gasteiger partial charge is 0.459 e. The van der Waals surface area contributed by atoms with Crippen molar-refractivity contribution >= 4 is 34.7 Å². The summed E-state index contributed by atoms with van der Waals surface area (Å²) in [5.74, 6) is -0.544. The van der Waals surface area contributed by atoms with E-state index in [1.807, 2.05) is 121 Å². The van der Waals surface area contributed by atoms with Gasteiger partial charge in [-0.3, -0.25) is 24.1 Å². The number of hydrogen-bond donors (Lipinski definition) is 0. The number of esters is 1. The van der Waals surface area contributed by atoms with Crippen LogP contribution in [0.15, 0.2) is 121 Å². The van der Waals surface area contributed by atoms with Crippen molar-refractivity contribution in [3.8, 4) is 0 Å². The molecule has 8 nitrogen and oxygen atoms in total. The van der Waals surface area contributed by atoms with Crippen LogP contribution in [0.1, 0.15) is 29.2 Å². The molecule has 0 aliphatic carbocycles. The first-order valence-electron chi connectivity index (χ1n) is 14.7. The van der Waals surface area contributed by atoms with Crippen molar-refractivity contribution in [3.63, 3.8) is 0 Å². The number of carbonyl (C=O) groups is 3. The molecule has 0 fully saturated rings. The maximum atomic E-state index is 12.6. The summed E-state index contributed by atoms with van der Waals surface area (Å²) < 4.78 is 5.99. The molecule has 0 aliphatic rings. The Balaban J connectivity index is 1.70. The maximum Gasteiger partial charge on any atom is 0.303 e. The maximum absolute atomic E-state index is 12.6. The average Bonchev–Trinajstić information content (AvgIpc) is 3.08. The molecule has 4 atom stereocenters. The van der Waals surface area contributed by atoms with Gasteiger partial charge in [0.25, 0.3) is 0 Å². The Morgan fingerprint density at radius 2 is 0.978 bits per heavy atom. The molecular formula is C36H37BrN2O6. The number of nitrogens with zero attached hydrogens (tertiary/aromatic N) is 2. The standard InChI is InChI=1S/C36H37BrN2O6/c1-28(42)45-36(34(23-30-16-8-3-9-17-30)39(27-41)44-25-32-20-12-5-13-21-32)35(37)33(22-29-14-6-2-7-15-29)38(26-40)43-24-31-18-10-4-11-19-31/h2-21,26-27,33-36H,22-25H2,1H3/t33-,34-,35-,36+/m0/s1. The summed E-state index contributed by atoms with van der Waals surface area (Å²) in [6.07, 6.45) is 0.943. The zero-order valence-corrected chi connectivity index (χ0v) is 26.6. The highest BCUT2D eigenvalue weighted by molar-refractivity contribution is 9.09. The van der Waals surface area contributed by atoms with Gasteiger partial charge in [-0.2, -0.15) is 0 Å². The normalized spacial score (nSPS) is 13.6. The average molecular weight is 674 g/mol. The number of amides is 2. The first-order chi connectivity index (χ1) is 22.0. The quantitative estimate of drug-likeness (QED) is 0.0551. The fraction of sp³-hybridized carbons (Fsp3) is 0.250. The molecule has 4 aromatic carbocycles. The van der Waals surface area contributed by atoms with Crippen LogP contribution in [0.3, 0.4) is 0 Å². The highest BCUT2D eigenvalue weighted by atomic mass is 79.9. The second-order valence-corrected chi connectivity index (χ2v) is 11.5. The van der Waals surface area contributed by atoms with E-state index in [0.29, 0.717) is 25.7 Å². The summed E-state index contributed by atoms with van der Waals surface area (Å²) >= 11 is 3.82. The lowest BCUT2D eigenvalue weighted by atomic mass is 9.93. The lowest BCUT2D eigenvalue weighted by Crippen LogP contribution is -2.56. The van der Waals surface area contributed by atoms with Gasteiger partial charge in [0.1, 0.15) is 25.4 Å². The lowest BCUT2D eigenvalue weighted by Gasteiger charge is -2.40. The molecule has 9 heteroatoms. The third kappa shape index (κ3) is 10.4. The van der Waals surface area contributed by atoms with Gasteiger partial charge in [-0.25, -0.2) is 10.1 Å². The molecule has 45 heavy (non-hydrogen) atoms. The molecule has 0 saturated carbocycles. The van der Waals surface area contributed by atoms with Crippen LogP contribution in [-0.4, -0.2) is 51.9 Å². The smallest absolute Gasteiger partial charge is 0.303 e. The number of hydrogen-bond acceptors (Lipinski definition) is 6. The zero-order chi connectivity index (χ0) is 31.9. The first-order valence-corrected chi connectivity index (χ1v) is 15.6. The van der Waals surface area contributed by atoms with E-state index < -0.39 is 29.0 Å². The Morgan fingerprint density at radius 3 is 1.36 bits per heavy atom. The molecular weight excluding hydrogens is 636 g/mol. The zero-order valence-electron chi connectivity index (χ0n) is 25.1. The van der Waals surface area contributed by atoms with E-state index in [-0.39, 0.29) is 13.2 Å². The first kappa shape index (κ1) is 33.6. The van der Waals surface area contributed by atoms with E-state index in [1.54, 1.807) is 0 Å². The summed E-state index contributed by atoms with van der Waals surface area (Å²) in [4.78, 5) is 49.3. The minimum Gasteiger partial charge on any atom is -0.459 e. The monoisotopic (exact) mass is 672 g/mol. The highest BCUT2D eigenvalue weighted by Crippen LogP contribution is 2.29. The number of halogens is 1. The van der Waals surface area contributed by atoms with Gasteiger partial charge in [-0.15, -0.1) is 0 Å². The molecule has 0 aromatic heterocycles. The third-order valence-electron chi connectivity index (χ3n) is 7.25. The van der Waals surface area contributed by atoms with E-state index >= 15 is 0 Å². The minimum atomic E-state index is -0.958. The number of rotatable bonds is 18. The number of benzene rings is 4. The van der Waals surface area contributed by atoms with Crippen molar-refractivity contribution in [1.29, 1.82) is 0 Å². The Bertz CT molecular complexity index is 1450.